The van der Waals surface area contributed by atoms with Gasteiger partial charge in [0.1, 0.15) is 0 Å². The number of carbonyl (C=O) groups is 1. The van der Waals surface area contributed by atoms with E-state index >= 15 is 0 Å². The number of rotatable bonds is 54. The van der Waals surface area contributed by atoms with E-state index in [0.717, 1.165) is 83.6 Å². The lowest BCUT2D eigenvalue weighted by atomic mass is 9.72. The minimum atomic E-state index is -0.969. The maximum Gasteiger partial charge on any atom is 0.305 e. The molecule has 0 heterocycles. The Kier molecular flexibility index (Phi) is 51.0. The lowest BCUT2D eigenvalue weighted by molar-refractivity contribution is -0.183. The van der Waals surface area contributed by atoms with Crippen molar-refractivity contribution in [3.8, 4) is 0 Å². The van der Waals surface area contributed by atoms with Gasteiger partial charge in [-0.3, -0.25) is 4.79 Å². The summed E-state index contributed by atoms with van der Waals surface area (Å²) in [7, 11) is 4.08. The minimum absolute atomic E-state index is 0.150. The van der Waals surface area contributed by atoms with Crippen molar-refractivity contribution < 1.29 is 19.4 Å². The molecule has 414 valence electrons. The molecule has 1 unspecified atom stereocenters. The molecule has 1 N–H and O–H groups in total. The topological polar surface area (TPSA) is 59.0 Å². The molecule has 0 aromatic rings. The average Bonchev–Trinajstić information content (AvgIpc) is 3.35. The molecule has 0 saturated carbocycles. The zero-order chi connectivity index (χ0) is 52.0. The zero-order valence-electron chi connectivity index (χ0n) is 48.5. The highest BCUT2D eigenvalue weighted by Gasteiger charge is 2.46. The number of aliphatic hydroxyl groups is 1. The van der Waals surface area contributed by atoms with Gasteiger partial charge in [0.2, 0.25) is 0 Å². The van der Waals surface area contributed by atoms with E-state index in [9.17, 15) is 9.90 Å². The van der Waals surface area contributed by atoms with Gasteiger partial charge >= 0.3 is 5.97 Å². The fourth-order valence-electron chi connectivity index (χ4n) is 9.58. The first-order valence-corrected chi connectivity index (χ1v) is 30.7. The number of allylic oxidation sites excluding steroid dienone is 12. The average molecular weight is 993 g/mol. The van der Waals surface area contributed by atoms with Crippen molar-refractivity contribution in [2.24, 2.45) is 5.41 Å². The molecule has 0 aromatic heterocycles. The van der Waals surface area contributed by atoms with Crippen molar-refractivity contribution >= 4 is 5.97 Å². The molecular formula is C66H121NO4. The molecular weight excluding hydrogens is 871 g/mol. The predicted molar refractivity (Wildman–Crippen MR) is 315 cm³/mol. The Morgan fingerprint density at radius 3 is 1.13 bits per heavy atom. The summed E-state index contributed by atoms with van der Waals surface area (Å²) in [6.45, 7) is 12.9. The number of nitrogens with zero attached hydrogens (tertiary/aromatic N) is 1. The van der Waals surface area contributed by atoms with E-state index in [1.807, 2.05) is 14.1 Å². The van der Waals surface area contributed by atoms with E-state index in [2.05, 4.69) is 112 Å². The summed E-state index contributed by atoms with van der Waals surface area (Å²) in [5.41, 5.74) is -1.50. The van der Waals surface area contributed by atoms with E-state index < -0.39 is 17.1 Å². The van der Waals surface area contributed by atoms with Crippen molar-refractivity contribution in [3.63, 3.8) is 0 Å². The number of ether oxygens (including phenoxy) is 2. The third-order valence-corrected chi connectivity index (χ3v) is 14.0. The summed E-state index contributed by atoms with van der Waals surface area (Å²) < 4.78 is 12.9. The highest BCUT2D eigenvalue weighted by Crippen LogP contribution is 2.39. The lowest BCUT2D eigenvalue weighted by Crippen LogP contribution is -2.54. The van der Waals surface area contributed by atoms with E-state index in [1.165, 1.54) is 173 Å². The van der Waals surface area contributed by atoms with Crippen LogP contribution in [0.25, 0.3) is 0 Å². The SMILES string of the molecule is CCCCC/C=C\C/C=C\CCCCCCCCOC(C(C)(C)COC(=O)CCCN(C)C)C(O)(CCCCCCCC/C=C\C/C=C\CCCCC)CCCCCCCC/C=C\C/C=C\CCCCC. The molecule has 71 heavy (non-hydrogen) atoms. The molecule has 0 fully saturated rings. The molecule has 0 aliphatic carbocycles. The number of hydrogen-bond donors (Lipinski definition) is 1. The second kappa shape index (κ2) is 52.6. The highest BCUT2D eigenvalue weighted by atomic mass is 16.5. The standard InChI is InChI=1S/C66H121NO4/c1-8-11-14-17-20-23-26-29-32-35-38-41-44-47-50-53-58-66(69,59-54-51-48-45-42-39-36-33-30-27-24-21-18-15-12-9-2)64(65(4,5)62-71-63(68)57-56-60-67(6)7)70-61-55-52-49-46-43-40-37-34-31-28-25-22-19-16-13-10-3/h20-25,29-34,64,69H,8-19,26-28,35-62H2,1-7H3/b23-20-,24-21-,25-22-,32-29-,33-30-,34-31-. The molecule has 0 spiro atoms. The van der Waals surface area contributed by atoms with Crippen LogP contribution in [0.15, 0.2) is 72.9 Å². The van der Waals surface area contributed by atoms with Crippen LogP contribution in [0.4, 0.5) is 0 Å². The van der Waals surface area contributed by atoms with E-state index in [0.29, 0.717) is 13.0 Å². The van der Waals surface area contributed by atoms with Crippen LogP contribution in [0.2, 0.25) is 0 Å². The monoisotopic (exact) mass is 992 g/mol. The molecule has 0 bridgehead atoms. The van der Waals surface area contributed by atoms with E-state index in [-0.39, 0.29) is 12.6 Å². The molecule has 0 rings (SSSR count). The van der Waals surface area contributed by atoms with Gasteiger partial charge in [0.05, 0.1) is 18.3 Å². The molecule has 0 aromatic carbocycles. The smallest absolute Gasteiger partial charge is 0.305 e. The van der Waals surface area contributed by atoms with Gasteiger partial charge in [-0.1, -0.05) is 236 Å². The van der Waals surface area contributed by atoms with Crippen LogP contribution in [0.5, 0.6) is 0 Å². The second-order valence-corrected chi connectivity index (χ2v) is 22.2. The first-order valence-electron chi connectivity index (χ1n) is 30.7. The van der Waals surface area contributed by atoms with Gasteiger partial charge in [0.15, 0.2) is 0 Å². The number of carbonyl (C=O) groups excluding carboxylic acids is 1. The van der Waals surface area contributed by atoms with Gasteiger partial charge in [-0.15, -0.1) is 0 Å². The van der Waals surface area contributed by atoms with Crippen LogP contribution in [-0.4, -0.2) is 61.5 Å². The molecule has 0 saturated heterocycles. The van der Waals surface area contributed by atoms with Crippen LogP contribution < -0.4 is 0 Å². The van der Waals surface area contributed by atoms with Gasteiger partial charge in [0, 0.05) is 18.4 Å². The summed E-state index contributed by atoms with van der Waals surface area (Å²) in [5, 5.41) is 12.9. The molecule has 0 aliphatic rings. The summed E-state index contributed by atoms with van der Waals surface area (Å²) in [6.07, 6.45) is 73.8. The maximum absolute atomic E-state index is 13.0. The predicted octanol–water partition coefficient (Wildman–Crippen LogP) is 20.2. The Morgan fingerprint density at radius 1 is 0.451 bits per heavy atom. The van der Waals surface area contributed by atoms with Crippen LogP contribution >= 0.6 is 0 Å². The minimum Gasteiger partial charge on any atom is -0.465 e. The lowest BCUT2D eigenvalue weighted by Gasteiger charge is -2.45. The third kappa shape index (κ3) is 47.3. The van der Waals surface area contributed by atoms with Crippen molar-refractivity contribution in [2.75, 3.05) is 33.9 Å². The summed E-state index contributed by atoms with van der Waals surface area (Å²) >= 11 is 0. The largest absolute Gasteiger partial charge is 0.465 e. The summed E-state index contributed by atoms with van der Waals surface area (Å²) in [5.74, 6) is -0.150. The Hall–Kier alpha value is -2.21. The highest BCUT2D eigenvalue weighted by molar-refractivity contribution is 5.69. The second-order valence-electron chi connectivity index (χ2n) is 22.2. The normalized spacial score (nSPS) is 13.4. The zero-order valence-corrected chi connectivity index (χ0v) is 48.5. The summed E-state index contributed by atoms with van der Waals surface area (Å²) in [4.78, 5) is 15.1. The molecule has 0 radical (unpaired) electrons. The van der Waals surface area contributed by atoms with Crippen LogP contribution in [0.1, 0.15) is 291 Å². The molecule has 0 aliphatic heterocycles. The molecule has 0 amide bonds. The Bertz CT molecular complexity index is 1260. The van der Waals surface area contributed by atoms with Gasteiger partial charge in [-0.2, -0.15) is 0 Å². The number of hydrogen-bond acceptors (Lipinski definition) is 5. The first kappa shape index (κ1) is 68.8. The fourth-order valence-corrected chi connectivity index (χ4v) is 9.58. The van der Waals surface area contributed by atoms with Crippen LogP contribution in [0, 0.1) is 5.41 Å². The van der Waals surface area contributed by atoms with Gasteiger partial charge in [0.25, 0.3) is 0 Å². The van der Waals surface area contributed by atoms with Crippen molar-refractivity contribution in [1.29, 1.82) is 0 Å². The Morgan fingerprint density at radius 2 is 0.775 bits per heavy atom. The summed E-state index contributed by atoms with van der Waals surface area (Å²) in [6, 6.07) is 0. The van der Waals surface area contributed by atoms with Gasteiger partial charge in [-0.05, 0) is 143 Å². The molecule has 1 atom stereocenters. The first-order chi connectivity index (χ1) is 34.6. The Balaban J connectivity index is 5.43. The van der Waals surface area contributed by atoms with Crippen molar-refractivity contribution in [2.45, 2.75) is 303 Å². The molecule has 5 nitrogen and oxygen atoms in total. The van der Waals surface area contributed by atoms with Gasteiger partial charge < -0.3 is 19.5 Å². The maximum atomic E-state index is 13.0. The Labute approximate surface area is 443 Å². The van der Waals surface area contributed by atoms with Crippen LogP contribution in [-0.2, 0) is 14.3 Å². The van der Waals surface area contributed by atoms with Gasteiger partial charge in [-0.25, -0.2) is 0 Å². The number of esters is 1. The fraction of sp³-hybridized carbons (Fsp3) is 0.803. The van der Waals surface area contributed by atoms with Crippen molar-refractivity contribution in [1.82, 2.24) is 4.90 Å². The molecule has 5 heteroatoms. The van der Waals surface area contributed by atoms with Crippen LogP contribution in [0.3, 0.4) is 0 Å². The van der Waals surface area contributed by atoms with Crippen molar-refractivity contribution in [3.05, 3.63) is 72.9 Å². The van der Waals surface area contributed by atoms with E-state index in [4.69, 9.17) is 9.47 Å². The van der Waals surface area contributed by atoms with E-state index in [1.54, 1.807) is 0 Å². The third-order valence-electron chi connectivity index (χ3n) is 14.0. The quantitative estimate of drug-likeness (QED) is 0.0374. The number of unbranched alkanes of at least 4 members (excludes halogenated alkanes) is 27.